The van der Waals surface area contributed by atoms with Gasteiger partial charge >= 0.3 is 12.0 Å². The number of nitrogens with zero attached hydrogens (tertiary/aromatic N) is 1. The molecule has 23 heavy (non-hydrogen) atoms. The maximum absolute atomic E-state index is 12.4. The van der Waals surface area contributed by atoms with Crippen molar-refractivity contribution in [2.75, 3.05) is 13.6 Å². The second kappa shape index (κ2) is 7.49. The van der Waals surface area contributed by atoms with E-state index in [2.05, 4.69) is 5.32 Å². The number of carbonyl (C=O) groups is 2. The van der Waals surface area contributed by atoms with E-state index in [-0.39, 0.29) is 12.6 Å². The Balaban J connectivity index is 2.12. The monoisotopic (exact) mass is 316 g/mol. The Morgan fingerprint density at radius 3 is 2.48 bits per heavy atom. The summed E-state index contributed by atoms with van der Waals surface area (Å²) < 4.78 is 5.42. The highest BCUT2D eigenvalue weighted by Crippen LogP contribution is 2.22. The van der Waals surface area contributed by atoms with Crippen LogP contribution in [-0.4, -0.2) is 35.6 Å². The molecule has 0 spiro atoms. The molecule has 0 bridgehead atoms. The van der Waals surface area contributed by atoms with Gasteiger partial charge < -0.3 is 19.7 Å². The van der Waals surface area contributed by atoms with Crippen LogP contribution in [0.3, 0.4) is 0 Å². The van der Waals surface area contributed by atoms with Crippen LogP contribution in [0.15, 0.2) is 53.1 Å². The van der Waals surface area contributed by atoms with E-state index in [4.69, 9.17) is 9.52 Å². The second-order valence-electron chi connectivity index (χ2n) is 5.43. The Hall–Kier alpha value is -2.76. The molecule has 122 valence electrons. The summed E-state index contributed by atoms with van der Waals surface area (Å²) in [4.78, 5) is 24.6. The number of aliphatic carboxylic acids is 1. The second-order valence-corrected chi connectivity index (χ2v) is 5.43. The van der Waals surface area contributed by atoms with Crippen molar-refractivity contribution in [1.82, 2.24) is 10.2 Å². The minimum absolute atomic E-state index is 0.126. The van der Waals surface area contributed by atoms with Crippen LogP contribution >= 0.6 is 0 Å². The predicted molar refractivity (Wildman–Crippen MR) is 85.0 cm³/mol. The number of rotatable bonds is 6. The first-order valence-electron chi connectivity index (χ1n) is 7.32. The molecule has 1 aromatic carbocycles. The maximum atomic E-state index is 12.4. The summed E-state index contributed by atoms with van der Waals surface area (Å²) in [5, 5.41) is 11.8. The first-order chi connectivity index (χ1) is 11.0. The van der Waals surface area contributed by atoms with Gasteiger partial charge in [0.2, 0.25) is 0 Å². The van der Waals surface area contributed by atoms with Gasteiger partial charge in [0, 0.05) is 13.6 Å². The third-order valence-electron chi connectivity index (χ3n) is 3.54. The normalized spacial score (nSPS) is 13.1. The molecule has 2 rings (SSSR count). The van der Waals surface area contributed by atoms with Crippen molar-refractivity contribution >= 4 is 12.0 Å². The van der Waals surface area contributed by atoms with Crippen LogP contribution < -0.4 is 5.32 Å². The largest absolute Gasteiger partial charge is 0.481 e. The average Bonchev–Trinajstić information content (AvgIpc) is 3.07. The van der Waals surface area contributed by atoms with Gasteiger partial charge in [-0.25, -0.2) is 4.79 Å². The summed E-state index contributed by atoms with van der Waals surface area (Å²) in [6.07, 6.45) is 1.55. The zero-order chi connectivity index (χ0) is 16.8. The first-order valence-corrected chi connectivity index (χ1v) is 7.32. The molecule has 0 saturated carbocycles. The van der Waals surface area contributed by atoms with E-state index in [0.717, 1.165) is 5.56 Å². The first kappa shape index (κ1) is 16.6. The van der Waals surface area contributed by atoms with E-state index in [9.17, 15) is 9.59 Å². The zero-order valence-electron chi connectivity index (χ0n) is 13.1. The summed E-state index contributed by atoms with van der Waals surface area (Å²) in [7, 11) is 1.57. The molecular formula is C17H20N2O4. The molecule has 6 nitrogen and oxygen atoms in total. The third kappa shape index (κ3) is 4.35. The van der Waals surface area contributed by atoms with Crippen molar-refractivity contribution in [2.24, 2.45) is 5.92 Å². The lowest BCUT2D eigenvalue weighted by Crippen LogP contribution is -2.42. The lowest BCUT2D eigenvalue weighted by atomic mass is 10.0. The quantitative estimate of drug-likeness (QED) is 0.858. The SMILES string of the molecule is CC(CN(C)C(=O)NC(c1ccccc1)c1ccco1)C(=O)O. The van der Waals surface area contributed by atoms with Crippen LogP contribution in [0.2, 0.25) is 0 Å². The number of hydrogen-bond acceptors (Lipinski definition) is 3. The van der Waals surface area contributed by atoms with Gasteiger partial charge in [-0.1, -0.05) is 37.3 Å². The molecule has 0 aliphatic heterocycles. The van der Waals surface area contributed by atoms with Crippen molar-refractivity contribution in [2.45, 2.75) is 13.0 Å². The number of furan rings is 1. The van der Waals surface area contributed by atoms with Crippen LogP contribution in [0, 0.1) is 5.92 Å². The van der Waals surface area contributed by atoms with Crippen LogP contribution in [0.5, 0.6) is 0 Å². The lowest BCUT2D eigenvalue weighted by Gasteiger charge is -2.24. The molecule has 0 aliphatic carbocycles. The van der Waals surface area contributed by atoms with Crippen molar-refractivity contribution in [3.63, 3.8) is 0 Å². The number of hydrogen-bond donors (Lipinski definition) is 2. The number of benzene rings is 1. The van der Waals surface area contributed by atoms with Gasteiger partial charge in [-0.2, -0.15) is 0 Å². The topological polar surface area (TPSA) is 82.8 Å². The molecule has 2 atom stereocenters. The number of amides is 2. The Bertz CT molecular complexity index is 640. The van der Waals surface area contributed by atoms with E-state index in [0.29, 0.717) is 5.76 Å². The Morgan fingerprint density at radius 1 is 1.22 bits per heavy atom. The molecule has 6 heteroatoms. The molecule has 0 fully saturated rings. The zero-order valence-corrected chi connectivity index (χ0v) is 13.1. The standard InChI is InChI=1S/C17H20N2O4/c1-12(16(20)21)11-19(2)17(22)18-15(14-9-6-10-23-14)13-7-4-3-5-8-13/h3-10,12,15H,11H2,1-2H3,(H,18,22)(H,20,21). The predicted octanol–water partition coefficient (Wildman–Crippen LogP) is 2.73. The highest BCUT2D eigenvalue weighted by molar-refractivity contribution is 5.76. The number of carboxylic acid groups (broad SMARTS) is 1. The highest BCUT2D eigenvalue weighted by atomic mass is 16.4. The summed E-state index contributed by atoms with van der Waals surface area (Å²) >= 11 is 0. The van der Waals surface area contributed by atoms with Crippen molar-refractivity contribution in [1.29, 1.82) is 0 Å². The molecule has 2 aromatic rings. The van der Waals surface area contributed by atoms with Crippen LogP contribution in [0.1, 0.15) is 24.3 Å². The molecule has 1 heterocycles. The van der Waals surface area contributed by atoms with E-state index in [1.54, 1.807) is 32.4 Å². The fraction of sp³-hybridized carbons (Fsp3) is 0.294. The van der Waals surface area contributed by atoms with E-state index >= 15 is 0 Å². The molecule has 2 unspecified atom stereocenters. The molecular weight excluding hydrogens is 296 g/mol. The highest BCUT2D eigenvalue weighted by Gasteiger charge is 2.23. The van der Waals surface area contributed by atoms with Crippen molar-refractivity contribution < 1.29 is 19.1 Å². The summed E-state index contributed by atoms with van der Waals surface area (Å²) in [6, 6.07) is 12.2. The van der Waals surface area contributed by atoms with Gasteiger partial charge in [0.1, 0.15) is 11.8 Å². The van der Waals surface area contributed by atoms with Crippen LogP contribution in [0.25, 0.3) is 0 Å². The summed E-state index contributed by atoms with van der Waals surface area (Å²) in [5.41, 5.74) is 0.885. The summed E-state index contributed by atoms with van der Waals surface area (Å²) in [6.45, 7) is 1.69. The Morgan fingerprint density at radius 2 is 1.91 bits per heavy atom. The third-order valence-corrected chi connectivity index (χ3v) is 3.54. The van der Waals surface area contributed by atoms with Crippen molar-refractivity contribution in [3.05, 3.63) is 60.1 Å². The van der Waals surface area contributed by atoms with Gasteiger partial charge in [-0.05, 0) is 17.7 Å². The minimum Gasteiger partial charge on any atom is -0.481 e. The molecule has 0 radical (unpaired) electrons. The summed E-state index contributed by atoms with van der Waals surface area (Å²) in [5.74, 6) is -0.955. The fourth-order valence-corrected chi connectivity index (χ4v) is 2.23. The lowest BCUT2D eigenvalue weighted by molar-refractivity contribution is -0.141. The molecule has 1 aromatic heterocycles. The number of carboxylic acids is 1. The fourth-order valence-electron chi connectivity index (χ4n) is 2.23. The van der Waals surface area contributed by atoms with E-state index < -0.39 is 17.9 Å². The number of carbonyl (C=O) groups excluding carboxylic acids is 1. The smallest absolute Gasteiger partial charge is 0.318 e. The van der Waals surface area contributed by atoms with E-state index in [1.807, 2.05) is 30.3 Å². The van der Waals surface area contributed by atoms with Gasteiger partial charge in [0.05, 0.1) is 12.2 Å². The molecule has 2 N–H and O–H groups in total. The molecule has 0 aliphatic rings. The van der Waals surface area contributed by atoms with Gasteiger partial charge in [0.15, 0.2) is 0 Å². The van der Waals surface area contributed by atoms with Crippen LogP contribution in [-0.2, 0) is 4.79 Å². The number of nitrogens with one attached hydrogen (secondary N) is 1. The van der Waals surface area contributed by atoms with Gasteiger partial charge in [0.25, 0.3) is 0 Å². The maximum Gasteiger partial charge on any atom is 0.318 e. The van der Waals surface area contributed by atoms with Gasteiger partial charge in [-0.3, -0.25) is 4.79 Å². The Labute approximate surface area is 134 Å². The van der Waals surface area contributed by atoms with Crippen LogP contribution in [0.4, 0.5) is 4.79 Å². The van der Waals surface area contributed by atoms with Gasteiger partial charge in [-0.15, -0.1) is 0 Å². The molecule has 2 amide bonds. The van der Waals surface area contributed by atoms with Crippen molar-refractivity contribution in [3.8, 4) is 0 Å². The Kier molecular flexibility index (Phi) is 5.41. The number of urea groups is 1. The van der Waals surface area contributed by atoms with E-state index in [1.165, 1.54) is 4.90 Å². The average molecular weight is 316 g/mol. The molecule has 0 saturated heterocycles. The minimum atomic E-state index is -0.935.